The van der Waals surface area contributed by atoms with E-state index < -0.39 is 5.91 Å². The molecule has 0 saturated carbocycles. The zero-order valence-electron chi connectivity index (χ0n) is 19.1. The lowest BCUT2D eigenvalue weighted by Crippen LogP contribution is -2.50. The second-order valence-electron chi connectivity index (χ2n) is 9.27. The molecule has 1 aliphatic rings. The van der Waals surface area contributed by atoms with Gasteiger partial charge < -0.3 is 21.1 Å². The number of rotatable bonds is 9. The van der Waals surface area contributed by atoms with Crippen LogP contribution in [0.25, 0.3) is 0 Å². The van der Waals surface area contributed by atoms with Gasteiger partial charge in [-0.1, -0.05) is 56.3 Å². The van der Waals surface area contributed by atoms with E-state index in [0.29, 0.717) is 24.6 Å². The van der Waals surface area contributed by atoms with Gasteiger partial charge in [0.2, 0.25) is 11.8 Å². The van der Waals surface area contributed by atoms with E-state index in [1.165, 1.54) is 0 Å². The molecule has 6 heteroatoms. The monoisotopic (exact) mass is 437 g/mol. The van der Waals surface area contributed by atoms with E-state index in [-0.39, 0.29) is 30.2 Å². The molecule has 0 spiro atoms. The van der Waals surface area contributed by atoms with Gasteiger partial charge in [0.15, 0.2) is 0 Å². The zero-order chi connectivity index (χ0) is 23.1. The first-order valence-corrected chi connectivity index (χ1v) is 11.4. The van der Waals surface area contributed by atoms with Gasteiger partial charge in [-0.15, -0.1) is 0 Å². The van der Waals surface area contributed by atoms with Crippen LogP contribution < -0.4 is 11.1 Å². The van der Waals surface area contributed by atoms with Crippen molar-refractivity contribution in [3.05, 3.63) is 65.7 Å². The summed E-state index contributed by atoms with van der Waals surface area (Å²) in [6.45, 7) is 7.21. The number of benzene rings is 2. The molecule has 2 amide bonds. The molecule has 4 N–H and O–H groups in total. The van der Waals surface area contributed by atoms with Crippen molar-refractivity contribution in [2.45, 2.75) is 38.5 Å². The number of primary amides is 1. The van der Waals surface area contributed by atoms with Crippen molar-refractivity contribution in [3.63, 3.8) is 0 Å². The third-order valence-electron chi connectivity index (χ3n) is 6.92. The minimum atomic E-state index is -0.416. The quantitative estimate of drug-likeness (QED) is 0.562. The number of nitrogens with one attached hydrogen (secondary N) is 1. The molecule has 0 aliphatic carbocycles. The van der Waals surface area contributed by atoms with E-state index >= 15 is 0 Å². The van der Waals surface area contributed by atoms with Crippen molar-refractivity contribution < 1.29 is 14.7 Å². The van der Waals surface area contributed by atoms with Crippen molar-refractivity contribution in [2.24, 2.45) is 17.6 Å². The summed E-state index contributed by atoms with van der Waals surface area (Å²) in [6.07, 6.45) is 1.75. The summed E-state index contributed by atoms with van der Waals surface area (Å²) in [4.78, 5) is 26.4. The van der Waals surface area contributed by atoms with Crippen LogP contribution in [0.4, 0.5) is 0 Å². The first-order chi connectivity index (χ1) is 15.3. The Morgan fingerprint density at radius 2 is 1.97 bits per heavy atom. The Kier molecular flexibility index (Phi) is 7.91. The topological polar surface area (TPSA) is 95.7 Å². The van der Waals surface area contributed by atoms with Crippen molar-refractivity contribution in [3.8, 4) is 5.75 Å². The summed E-state index contributed by atoms with van der Waals surface area (Å²) in [5, 5.41) is 12.8. The number of hydrogen-bond acceptors (Lipinski definition) is 4. The highest BCUT2D eigenvalue weighted by atomic mass is 16.3. The van der Waals surface area contributed by atoms with Gasteiger partial charge in [-0.2, -0.15) is 0 Å². The summed E-state index contributed by atoms with van der Waals surface area (Å²) >= 11 is 0. The first-order valence-electron chi connectivity index (χ1n) is 11.4. The van der Waals surface area contributed by atoms with Gasteiger partial charge in [-0.05, 0) is 54.0 Å². The molecular formula is C26H35N3O3. The van der Waals surface area contributed by atoms with Crippen molar-refractivity contribution in [1.29, 1.82) is 0 Å². The van der Waals surface area contributed by atoms with Crippen LogP contribution in [0, 0.1) is 11.8 Å². The smallest absolute Gasteiger partial charge is 0.224 e. The van der Waals surface area contributed by atoms with Crippen molar-refractivity contribution in [1.82, 2.24) is 10.2 Å². The number of piperidine rings is 1. The number of carbonyl (C=O) groups excluding carboxylic acids is 2. The normalized spacial score (nSPS) is 22.2. The molecule has 1 fully saturated rings. The molecule has 3 atom stereocenters. The zero-order valence-corrected chi connectivity index (χ0v) is 19.1. The molecule has 1 heterocycles. The number of phenols is 1. The van der Waals surface area contributed by atoms with E-state index in [2.05, 4.69) is 30.1 Å². The van der Waals surface area contributed by atoms with E-state index in [9.17, 15) is 14.7 Å². The van der Waals surface area contributed by atoms with Gasteiger partial charge >= 0.3 is 0 Å². The fraction of sp³-hybridized carbons (Fsp3) is 0.462. The second kappa shape index (κ2) is 10.6. The number of likely N-dealkylation sites (tertiary alicyclic amines) is 1. The van der Waals surface area contributed by atoms with Crippen molar-refractivity contribution >= 4 is 11.8 Å². The third kappa shape index (κ3) is 6.10. The maximum atomic E-state index is 13.0. The summed E-state index contributed by atoms with van der Waals surface area (Å²) < 4.78 is 0. The Morgan fingerprint density at radius 3 is 2.62 bits per heavy atom. The summed E-state index contributed by atoms with van der Waals surface area (Å²) in [6, 6.07) is 17.6. The maximum Gasteiger partial charge on any atom is 0.224 e. The average molecular weight is 438 g/mol. The molecule has 0 aromatic heterocycles. The van der Waals surface area contributed by atoms with Crippen LogP contribution in [-0.2, 0) is 21.4 Å². The number of phenolic OH excluding ortho intramolecular Hbond substituents is 1. The Balaban J connectivity index is 1.67. The molecule has 3 unspecified atom stereocenters. The number of nitrogens with two attached hydrogens (primary N) is 1. The Labute approximate surface area is 190 Å². The lowest BCUT2D eigenvalue weighted by Gasteiger charge is -2.45. The number of aromatic hydroxyl groups is 1. The fourth-order valence-corrected chi connectivity index (χ4v) is 4.68. The molecule has 2 aromatic rings. The van der Waals surface area contributed by atoms with Gasteiger partial charge in [0, 0.05) is 26.1 Å². The van der Waals surface area contributed by atoms with Gasteiger partial charge in [-0.25, -0.2) is 0 Å². The van der Waals surface area contributed by atoms with Crippen LogP contribution >= 0.6 is 0 Å². The van der Waals surface area contributed by atoms with E-state index in [4.69, 9.17) is 5.73 Å². The average Bonchev–Trinajstić information content (AvgIpc) is 2.76. The fourth-order valence-electron chi connectivity index (χ4n) is 4.68. The van der Waals surface area contributed by atoms with Gasteiger partial charge in [0.1, 0.15) is 5.75 Å². The molecule has 32 heavy (non-hydrogen) atoms. The lowest BCUT2D eigenvalue weighted by molar-refractivity contribution is -0.126. The largest absolute Gasteiger partial charge is 0.508 e. The molecule has 2 aromatic carbocycles. The Hall–Kier alpha value is -2.86. The van der Waals surface area contributed by atoms with Crippen LogP contribution in [0.3, 0.4) is 0 Å². The third-order valence-corrected chi connectivity index (χ3v) is 6.92. The molecule has 3 rings (SSSR count). The Bertz CT molecular complexity index is 918. The standard InChI is InChI=1S/C26H35N3O3/c1-19-17-29(14-12-26(19,2)22-9-6-10-23(30)16-22)18-21(15-20-7-4-3-5-8-20)25(32)28-13-11-24(27)31/h3-10,16,19,21,30H,11-15,17-18H2,1-2H3,(H2,27,31)(H,28,32). The molecular weight excluding hydrogens is 402 g/mol. The van der Waals surface area contributed by atoms with Crippen LogP contribution in [-0.4, -0.2) is 48.0 Å². The maximum absolute atomic E-state index is 13.0. The highest BCUT2D eigenvalue weighted by Crippen LogP contribution is 2.40. The van der Waals surface area contributed by atoms with E-state index in [1.807, 2.05) is 42.5 Å². The lowest BCUT2D eigenvalue weighted by atomic mass is 9.68. The van der Waals surface area contributed by atoms with Gasteiger partial charge in [0.05, 0.1) is 5.92 Å². The Morgan fingerprint density at radius 1 is 1.22 bits per heavy atom. The SMILES string of the molecule is CC1CN(CC(Cc2ccccc2)C(=O)NCCC(N)=O)CCC1(C)c1cccc(O)c1. The van der Waals surface area contributed by atoms with E-state index in [1.54, 1.807) is 6.07 Å². The highest BCUT2D eigenvalue weighted by molar-refractivity contribution is 5.80. The number of amides is 2. The van der Waals surface area contributed by atoms with Crippen LogP contribution in [0.2, 0.25) is 0 Å². The first kappa shape index (κ1) is 23.8. The molecule has 172 valence electrons. The summed E-state index contributed by atoms with van der Waals surface area (Å²) in [5.74, 6) is 0.00920. The second-order valence-corrected chi connectivity index (χ2v) is 9.27. The summed E-state index contributed by atoms with van der Waals surface area (Å²) in [7, 11) is 0. The van der Waals surface area contributed by atoms with Crippen LogP contribution in [0.15, 0.2) is 54.6 Å². The van der Waals surface area contributed by atoms with Crippen molar-refractivity contribution in [2.75, 3.05) is 26.2 Å². The molecule has 0 radical (unpaired) electrons. The minimum absolute atomic E-state index is 0.0199. The van der Waals surface area contributed by atoms with Crippen LogP contribution in [0.1, 0.15) is 37.8 Å². The van der Waals surface area contributed by atoms with E-state index in [0.717, 1.165) is 30.6 Å². The van der Waals surface area contributed by atoms with Crippen LogP contribution in [0.5, 0.6) is 5.75 Å². The predicted octanol–water partition coefficient (Wildman–Crippen LogP) is 2.84. The molecule has 1 aliphatic heterocycles. The number of carbonyl (C=O) groups is 2. The summed E-state index contributed by atoms with van der Waals surface area (Å²) in [5.41, 5.74) is 7.48. The number of hydrogen-bond donors (Lipinski definition) is 3. The van der Waals surface area contributed by atoms with Gasteiger partial charge in [0.25, 0.3) is 0 Å². The molecule has 1 saturated heterocycles. The number of nitrogens with zero attached hydrogens (tertiary/aromatic N) is 1. The molecule has 6 nitrogen and oxygen atoms in total. The highest BCUT2D eigenvalue weighted by Gasteiger charge is 2.39. The predicted molar refractivity (Wildman–Crippen MR) is 126 cm³/mol. The minimum Gasteiger partial charge on any atom is -0.508 e. The van der Waals surface area contributed by atoms with Gasteiger partial charge in [-0.3, -0.25) is 9.59 Å². The molecule has 0 bridgehead atoms.